The monoisotopic (exact) mass is 1270 g/mol. The number of hydrogen-bond donors (Lipinski definition) is 3. The van der Waals surface area contributed by atoms with Crippen LogP contribution in [0.2, 0.25) is 0 Å². The summed E-state index contributed by atoms with van der Waals surface area (Å²) >= 11 is 0. The highest BCUT2D eigenvalue weighted by Gasteiger charge is 2.30. The van der Waals surface area contributed by atoms with E-state index in [0.717, 1.165) is 109 Å². The second-order valence-corrected chi connectivity index (χ2v) is 27.6. The maximum atomic E-state index is 13.0. The van der Waals surface area contributed by atoms with Crippen molar-refractivity contribution in [2.24, 2.45) is 5.92 Å². The Labute approximate surface area is 524 Å². The molecule has 0 saturated heterocycles. The van der Waals surface area contributed by atoms with Gasteiger partial charge in [-0.2, -0.15) is 0 Å². The third kappa shape index (κ3) is 60.9. The van der Waals surface area contributed by atoms with Crippen LogP contribution in [-0.2, 0) is 65.4 Å². The lowest BCUT2D eigenvalue weighted by Gasteiger charge is -2.21. The molecule has 5 atom stereocenters. The van der Waals surface area contributed by atoms with Crippen LogP contribution in [0, 0.1) is 5.92 Å². The van der Waals surface area contributed by atoms with Gasteiger partial charge in [0.15, 0.2) is 12.2 Å². The zero-order valence-electron chi connectivity index (χ0n) is 55.4. The van der Waals surface area contributed by atoms with Crippen LogP contribution in [-0.4, -0.2) is 96.7 Å². The number of phosphoric ester groups is 2. The number of carbonyl (C=O) groups is 4. The zero-order valence-corrected chi connectivity index (χ0v) is 57.2. The number of aliphatic hydroxyl groups is 1. The van der Waals surface area contributed by atoms with E-state index in [2.05, 4.69) is 34.6 Å². The van der Waals surface area contributed by atoms with Crippen molar-refractivity contribution < 1.29 is 80.2 Å². The standard InChI is InChI=1S/C67H130O17P2/c1-6-9-12-15-18-21-22-23-24-25-26-27-28-29-30-31-32-37-43-48-53-67(72)84-63(57-78-65(70)51-46-41-38-33-34-39-44-49-60(4)5)59-82-86(75,76)80-55-61(68)54-79-85(73,74)81-58-62(83-66(71)52-47-42-36-20-17-14-11-8-3)56-77-64(69)50-45-40-35-19-16-13-10-7-2/h60-63,68H,6-59H2,1-5H3,(H,73,74)(H,75,76)/t61-,62+,63+/m0/s1. The molecule has 0 aliphatic rings. The van der Waals surface area contributed by atoms with E-state index in [0.29, 0.717) is 31.6 Å². The molecule has 86 heavy (non-hydrogen) atoms. The van der Waals surface area contributed by atoms with Crippen LogP contribution in [0.3, 0.4) is 0 Å². The molecule has 0 rings (SSSR count). The topological polar surface area (TPSA) is 237 Å². The number of rotatable bonds is 67. The molecule has 2 unspecified atom stereocenters. The summed E-state index contributed by atoms with van der Waals surface area (Å²) in [5.41, 5.74) is 0. The maximum Gasteiger partial charge on any atom is 0.472 e. The smallest absolute Gasteiger partial charge is 0.462 e. The molecule has 0 spiro atoms. The van der Waals surface area contributed by atoms with Gasteiger partial charge in [-0.05, 0) is 31.6 Å². The highest BCUT2D eigenvalue weighted by Crippen LogP contribution is 2.45. The number of ether oxygens (including phenoxy) is 4. The van der Waals surface area contributed by atoms with Crippen molar-refractivity contribution in [2.45, 2.75) is 361 Å². The lowest BCUT2D eigenvalue weighted by Crippen LogP contribution is -2.30. The first-order chi connectivity index (χ1) is 41.5. The van der Waals surface area contributed by atoms with E-state index in [9.17, 15) is 43.2 Å². The van der Waals surface area contributed by atoms with Crippen molar-refractivity contribution >= 4 is 39.5 Å². The van der Waals surface area contributed by atoms with Gasteiger partial charge in [-0.25, -0.2) is 9.13 Å². The normalized spacial score (nSPS) is 14.2. The quantitative estimate of drug-likeness (QED) is 0.0222. The fourth-order valence-corrected chi connectivity index (χ4v) is 11.7. The highest BCUT2D eigenvalue weighted by molar-refractivity contribution is 7.47. The van der Waals surface area contributed by atoms with Crippen molar-refractivity contribution in [3.8, 4) is 0 Å². The van der Waals surface area contributed by atoms with E-state index in [1.54, 1.807) is 0 Å². The van der Waals surface area contributed by atoms with Crippen molar-refractivity contribution in [1.82, 2.24) is 0 Å². The minimum absolute atomic E-state index is 0.105. The van der Waals surface area contributed by atoms with E-state index in [-0.39, 0.29) is 25.7 Å². The van der Waals surface area contributed by atoms with E-state index in [4.69, 9.17) is 37.0 Å². The van der Waals surface area contributed by atoms with E-state index >= 15 is 0 Å². The van der Waals surface area contributed by atoms with Crippen molar-refractivity contribution in [3.63, 3.8) is 0 Å². The van der Waals surface area contributed by atoms with E-state index in [1.807, 2.05) is 0 Å². The minimum Gasteiger partial charge on any atom is -0.462 e. The predicted octanol–water partition coefficient (Wildman–Crippen LogP) is 19.0. The molecule has 0 bridgehead atoms. The zero-order chi connectivity index (χ0) is 63.5. The van der Waals surface area contributed by atoms with Gasteiger partial charge in [0.05, 0.1) is 26.4 Å². The molecule has 0 fully saturated rings. The molecule has 0 aliphatic carbocycles. The first kappa shape index (κ1) is 84.1. The van der Waals surface area contributed by atoms with Gasteiger partial charge in [0.1, 0.15) is 19.3 Å². The largest absolute Gasteiger partial charge is 0.472 e. The fourth-order valence-electron chi connectivity index (χ4n) is 10.1. The summed E-state index contributed by atoms with van der Waals surface area (Å²) in [6.07, 6.45) is 46.2. The minimum atomic E-state index is -4.95. The summed E-state index contributed by atoms with van der Waals surface area (Å²) in [6, 6.07) is 0. The van der Waals surface area contributed by atoms with E-state index in [1.165, 1.54) is 148 Å². The number of unbranched alkanes of at least 4 members (excludes halogenated alkanes) is 39. The molecule has 0 radical (unpaired) electrons. The Morgan fingerprint density at radius 1 is 0.314 bits per heavy atom. The molecule has 0 amide bonds. The second kappa shape index (κ2) is 60.6. The van der Waals surface area contributed by atoms with Gasteiger partial charge in [-0.1, -0.05) is 291 Å². The Hall–Kier alpha value is -1.94. The third-order valence-electron chi connectivity index (χ3n) is 15.5. The number of esters is 4. The molecule has 0 heterocycles. The van der Waals surface area contributed by atoms with Gasteiger partial charge < -0.3 is 33.8 Å². The third-order valence-corrected chi connectivity index (χ3v) is 17.4. The Morgan fingerprint density at radius 2 is 0.535 bits per heavy atom. The molecule has 0 aromatic heterocycles. The Bertz CT molecular complexity index is 1670. The Morgan fingerprint density at radius 3 is 0.791 bits per heavy atom. The van der Waals surface area contributed by atoms with Crippen molar-refractivity contribution in [2.75, 3.05) is 39.6 Å². The van der Waals surface area contributed by atoms with Gasteiger partial charge in [-0.3, -0.25) is 37.3 Å². The van der Waals surface area contributed by atoms with Gasteiger partial charge in [0.25, 0.3) is 0 Å². The molecule has 19 heteroatoms. The van der Waals surface area contributed by atoms with Gasteiger partial charge in [-0.15, -0.1) is 0 Å². The van der Waals surface area contributed by atoms with Gasteiger partial charge >= 0.3 is 39.5 Å². The number of carbonyl (C=O) groups excluding carboxylic acids is 4. The first-order valence-electron chi connectivity index (χ1n) is 35.1. The second-order valence-electron chi connectivity index (χ2n) is 24.7. The van der Waals surface area contributed by atoms with Crippen LogP contribution in [0.25, 0.3) is 0 Å². The van der Waals surface area contributed by atoms with Crippen LogP contribution in [0.4, 0.5) is 0 Å². The molecule has 3 N–H and O–H groups in total. The van der Waals surface area contributed by atoms with E-state index < -0.39 is 97.5 Å². The fraction of sp³-hybridized carbons (Fsp3) is 0.940. The van der Waals surface area contributed by atoms with Crippen LogP contribution in [0.5, 0.6) is 0 Å². The van der Waals surface area contributed by atoms with Crippen LogP contribution >= 0.6 is 15.6 Å². The summed E-state index contributed by atoms with van der Waals surface area (Å²) in [5.74, 6) is -1.43. The molecule has 0 aliphatic heterocycles. The Kier molecular flexibility index (Phi) is 59.2. The SMILES string of the molecule is CCCCCCCCCCCCCCCCCCCCCCC(=O)O[C@H](COC(=O)CCCCCCCCCC(C)C)COP(=O)(O)OC[C@@H](O)COP(=O)(O)OC[C@@H](COC(=O)CCCCCCCCCC)OC(=O)CCCCCCCCCC. The van der Waals surface area contributed by atoms with Crippen molar-refractivity contribution in [1.29, 1.82) is 0 Å². The lowest BCUT2D eigenvalue weighted by atomic mass is 10.0. The van der Waals surface area contributed by atoms with Crippen LogP contribution < -0.4 is 0 Å². The molecular weight excluding hydrogens is 1140 g/mol. The van der Waals surface area contributed by atoms with Crippen LogP contribution in [0.15, 0.2) is 0 Å². The molecule has 0 aromatic carbocycles. The predicted molar refractivity (Wildman–Crippen MR) is 345 cm³/mol. The van der Waals surface area contributed by atoms with Gasteiger partial charge in [0.2, 0.25) is 0 Å². The highest BCUT2D eigenvalue weighted by atomic mass is 31.2. The molecule has 0 saturated carbocycles. The molecular formula is C67H130O17P2. The first-order valence-corrected chi connectivity index (χ1v) is 38.1. The number of aliphatic hydroxyl groups excluding tert-OH is 1. The summed E-state index contributed by atoms with van der Waals surface area (Å²) in [7, 11) is -9.88. The van der Waals surface area contributed by atoms with Crippen molar-refractivity contribution in [3.05, 3.63) is 0 Å². The maximum absolute atomic E-state index is 13.0. The summed E-state index contributed by atoms with van der Waals surface area (Å²) < 4.78 is 67.9. The summed E-state index contributed by atoms with van der Waals surface area (Å²) in [5, 5.41) is 10.5. The Balaban J connectivity index is 5.12. The number of phosphoric acid groups is 2. The molecule has 0 aromatic rings. The number of hydrogen-bond acceptors (Lipinski definition) is 15. The average Bonchev–Trinajstić information content (AvgIpc) is 3.57. The van der Waals surface area contributed by atoms with Crippen LogP contribution in [0.1, 0.15) is 343 Å². The summed E-state index contributed by atoms with van der Waals surface area (Å²) in [6.45, 7) is 7.11. The molecule has 17 nitrogen and oxygen atoms in total. The summed E-state index contributed by atoms with van der Waals surface area (Å²) in [4.78, 5) is 72.1. The molecule has 510 valence electrons. The average molecular weight is 1270 g/mol. The van der Waals surface area contributed by atoms with Gasteiger partial charge in [0, 0.05) is 25.7 Å². The lowest BCUT2D eigenvalue weighted by molar-refractivity contribution is -0.161.